The van der Waals surface area contributed by atoms with Gasteiger partial charge in [0.15, 0.2) is 0 Å². The molecule has 1 aliphatic heterocycles. The Labute approximate surface area is 120 Å². The maximum absolute atomic E-state index is 12.9. The Morgan fingerprint density at radius 1 is 1.05 bits per heavy atom. The second kappa shape index (κ2) is 4.86. The van der Waals surface area contributed by atoms with Crippen LogP contribution in [0.4, 0.5) is 0 Å². The predicted octanol–water partition coefficient (Wildman–Crippen LogP) is 3.26. The lowest BCUT2D eigenvalue weighted by Crippen LogP contribution is -2.34. The highest BCUT2D eigenvalue weighted by Crippen LogP contribution is 2.32. The molecule has 106 valence electrons. The Morgan fingerprint density at radius 2 is 1.75 bits per heavy atom. The van der Waals surface area contributed by atoms with Gasteiger partial charge in [-0.25, -0.2) is 8.42 Å². The second-order valence-corrected chi connectivity index (χ2v) is 7.60. The highest BCUT2D eigenvalue weighted by molar-refractivity contribution is 7.89. The van der Waals surface area contributed by atoms with Crippen LogP contribution in [0.5, 0.6) is 0 Å². The van der Waals surface area contributed by atoms with Crippen molar-refractivity contribution in [1.29, 1.82) is 0 Å². The minimum absolute atomic E-state index is 0.0777. The Hall–Kier alpha value is -1.39. The minimum atomic E-state index is -3.41. The molecule has 1 aliphatic rings. The summed E-state index contributed by atoms with van der Waals surface area (Å²) in [6, 6.07) is 13.2. The van der Waals surface area contributed by atoms with Crippen molar-refractivity contribution in [2.45, 2.75) is 31.2 Å². The quantitative estimate of drug-likeness (QED) is 0.851. The molecule has 4 heteroatoms. The first-order valence-electron chi connectivity index (χ1n) is 7.00. The molecule has 0 bridgehead atoms. The lowest BCUT2D eigenvalue weighted by molar-refractivity contribution is 0.406. The van der Waals surface area contributed by atoms with Gasteiger partial charge in [0.2, 0.25) is 10.0 Å². The lowest BCUT2D eigenvalue weighted by atomic mass is 10.1. The molecule has 0 aliphatic carbocycles. The van der Waals surface area contributed by atoms with E-state index in [4.69, 9.17) is 0 Å². The molecule has 0 radical (unpaired) electrons. The summed E-state index contributed by atoms with van der Waals surface area (Å²) in [7, 11) is -3.41. The first-order valence-corrected chi connectivity index (χ1v) is 8.44. The molecular formula is C16H19NO2S. The van der Waals surface area contributed by atoms with Gasteiger partial charge < -0.3 is 0 Å². The summed E-state index contributed by atoms with van der Waals surface area (Å²) in [5.41, 5.74) is 0. The Balaban J connectivity index is 2.15. The third-order valence-electron chi connectivity index (χ3n) is 4.06. The average Bonchev–Trinajstić information content (AvgIpc) is 2.78. The Bertz CT molecular complexity index is 734. The molecule has 3 rings (SSSR count). The molecule has 0 saturated carbocycles. The first kappa shape index (κ1) is 13.6. The molecule has 1 fully saturated rings. The second-order valence-electron chi connectivity index (χ2n) is 5.74. The topological polar surface area (TPSA) is 37.4 Å². The van der Waals surface area contributed by atoms with Gasteiger partial charge in [-0.1, -0.05) is 43.3 Å². The van der Waals surface area contributed by atoms with E-state index >= 15 is 0 Å². The van der Waals surface area contributed by atoms with Crippen molar-refractivity contribution in [1.82, 2.24) is 4.31 Å². The summed E-state index contributed by atoms with van der Waals surface area (Å²) in [4.78, 5) is 0.427. The zero-order chi connectivity index (χ0) is 14.3. The summed E-state index contributed by atoms with van der Waals surface area (Å²) in [6.45, 7) is 4.72. The fraction of sp³-hybridized carbons (Fsp3) is 0.375. The van der Waals surface area contributed by atoms with Crippen LogP contribution in [0.15, 0.2) is 47.4 Å². The molecule has 2 unspecified atom stereocenters. The number of rotatable bonds is 2. The monoisotopic (exact) mass is 289 g/mol. The molecule has 20 heavy (non-hydrogen) atoms. The van der Waals surface area contributed by atoms with Gasteiger partial charge in [-0.15, -0.1) is 0 Å². The average molecular weight is 289 g/mol. The van der Waals surface area contributed by atoms with Crippen LogP contribution in [0.2, 0.25) is 0 Å². The number of hydrogen-bond donors (Lipinski definition) is 0. The van der Waals surface area contributed by atoms with Crippen LogP contribution in [0, 0.1) is 5.92 Å². The molecular weight excluding hydrogens is 270 g/mol. The third kappa shape index (κ3) is 2.13. The number of benzene rings is 2. The highest BCUT2D eigenvalue weighted by atomic mass is 32.2. The van der Waals surface area contributed by atoms with Gasteiger partial charge in [0.05, 0.1) is 4.90 Å². The number of hydrogen-bond acceptors (Lipinski definition) is 2. The molecule has 0 amide bonds. The predicted molar refractivity (Wildman–Crippen MR) is 81.1 cm³/mol. The van der Waals surface area contributed by atoms with E-state index in [2.05, 4.69) is 6.92 Å². The summed E-state index contributed by atoms with van der Waals surface area (Å²) >= 11 is 0. The van der Waals surface area contributed by atoms with E-state index in [1.165, 1.54) is 0 Å². The highest BCUT2D eigenvalue weighted by Gasteiger charge is 2.36. The van der Waals surface area contributed by atoms with Crippen LogP contribution in [0.3, 0.4) is 0 Å². The number of nitrogens with zero attached hydrogens (tertiary/aromatic N) is 1. The maximum Gasteiger partial charge on any atom is 0.243 e. The molecule has 3 nitrogen and oxygen atoms in total. The van der Waals surface area contributed by atoms with E-state index in [0.29, 0.717) is 17.4 Å². The largest absolute Gasteiger partial charge is 0.243 e. The fourth-order valence-corrected chi connectivity index (χ4v) is 5.12. The van der Waals surface area contributed by atoms with Gasteiger partial charge in [0.25, 0.3) is 0 Å². The number of sulfonamides is 1. The van der Waals surface area contributed by atoms with Crippen LogP contribution in [-0.2, 0) is 10.0 Å². The molecule has 1 heterocycles. The summed E-state index contributed by atoms with van der Waals surface area (Å²) < 4.78 is 27.5. The van der Waals surface area contributed by atoms with Crippen LogP contribution in [-0.4, -0.2) is 25.3 Å². The SMILES string of the molecule is CC1CC(C)N(S(=O)(=O)c2cccc3ccccc23)C1. The fourth-order valence-electron chi connectivity index (χ4n) is 3.14. The van der Waals surface area contributed by atoms with Crippen molar-refractivity contribution >= 4 is 20.8 Å². The van der Waals surface area contributed by atoms with E-state index in [0.717, 1.165) is 17.2 Å². The molecule has 0 N–H and O–H groups in total. The smallest absolute Gasteiger partial charge is 0.207 e. The van der Waals surface area contributed by atoms with Crippen molar-refractivity contribution in [3.05, 3.63) is 42.5 Å². The standard InChI is InChI=1S/C16H19NO2S/c1-12-10-13(2)17(11-12)20(18,19)16-9-5-7-14-6-3-4-8-15(14)16/h3-9,12-13H,10-11H2,1-2H3. The van der Waals surface area contributed by atoms with E-state index in [9.17, 15) is 8.42 Å². The van der Waals surface area contributed by atoms with Crippen molar-refractivity contribution in [3.8, 4) is 0 Å². The molecule has 2 aromatic carbocycles. The lowest BCUT2D eigenvalue weighted by Gasteiger charge is -2.22. The van der Waals surface area contributed by atoms with Crippen LogP contribution in [0.25, 0.3) is 10.8 Å². The van der Waals surface area contributed by atoms with E-state index in [1.807, 2.05) is 43.3 Å². The summed E-state index contributed by atoms with van der Waals surface area (Å²) in [5.74, 6) is 0.426. The zero-order valence-corrected chi connectivity index (χ0v) is 12.6. The van der Waals surface area contributed by atoms with Gasteiger partial charge in [-0.3, -0.25) is 0 Å². The Morgan fingerprint density at radius 3 is 2.45 bits per heavy atom. The number of fused-ring (bicyclic) bond motifs is 1. The van der Waals surface area contributed by atoms with Gasteiger partial charge in [-0.2, -0.15) is 4.31 Å². The Kier molecular flexibility index (Phi) is 3.30. The van der Waals surface area contributed by atoms with Crippen molar-refractivity contribution in [2.24, 2.45) is 5.92 Å². The van der Waals surface area contributed by atoms with E-state index in [-0.39, 0.29) is 6.04 Å². The van der Waals surface area contributed by atoms with Crippen LogP contribution in [0.1, 0.15) is 20.3 Å². The summed E-state index contributed by atoms with van der Waals surface area (Å²) in [5, 5.41) is 1.77. The molecule has 2 aromatic rings. The normalized spacial score (nSPS) is 24.3. The first-order chi connectivity index (χ1) is 9.50. The van der Waals surface area contributed by atoms with Crippen LogP contribution < -0.4 is 0 Å². The van der Waals surface area contributed by atoms with Gasteiger partial charge in [0.1, 0.15) is 0 Å². The van der Waals surface area contributed by atoms with Gasteiger partial charge >= 0.3 is 0 Å². The van der Waals surface area contributed by atoms with Crippen molar-refractivity contribution < 1.29 is 8.42 Å². The van der Waals surface area contributed by atoms with E-state index < -0.39 is 10.0 Å². The van der Waals surface area contributed by atoms with Crippen molar-refractivity contribution in [3.63, 3.8) is 0 Å². The molecule has 0 spiro atoms. The third-order valence-corrected chi connectivity index (χ3v) is 6.10. The zero-order valence-electron chi connectivity index (χ0n) is 11.8. The maximum atomic E-state index is 12.9. The van der Waals surface area contributed by atoms with E-state index in [1.54, 1.807) is 10.4 Å². The minimum Gasteiger partial charge on any atom is -0.207 e. The molecule has 1 saturated heterocycles. The van der Waals surface area contributed by atoms with Crippen LogP contribution >= 0.6 is 0 Å². The van der Waals surface area contributed by atoms with Gasteiger partial charge in [0, 0.05) is 18.0 Å². The summed E-state index contributed by atoms with van der Waals surface area (Å²) in [6.07, 6.45) is 0.935. The molecule has 2 atom stereocenters. The molecule has 0 aromatic heterocycles. The van der Waals surface area contributed by atoms with Gasteiger partial charge in [-0.05, 0) is 30.7 Å². The van der Waals surface area contributed by atoms with Crippen molar-refractivity contribution in [2.75, 3.05) is 6.54 Å².